The van der Waals surface area contributed by atoms with Gasteiger partial charge in [-0.2, -0.15) is 0 Å². The van der Waals surface area contributed by atoms with Gasteiger partial charge in [-0.05, 0) is 32.6 Å². The van der Waals surface area contributed by atoms with Crippen molar-refractivity contribution in [3.05, 3.63) is 0 Å². The number of ketones is 1. The molecule has 142 valence electrons. The Morgan fingerprint density at radius 2 is 1.33 bits per heavy atom. The summed E-state index contributed by atoms with van der Waals surface area (Å²) in [5.74, 6) is -0.604. The van der Waals surface area contributed by atoms with Crippen LogP contribution >= 0.6 is 0 Å². The molecule has 0 aromatic rings. The summed E-state index contributed by atoms with van der Waals surface area (Å²) in [6.45, 7) is 3.13. The lowest BCUT2D eigenvalue weighted by molar-refractivity contribution is -0.145. The molecule has 0 aliphatic rings. The van der Waals surface area contributed by atoms with Gasteiger partial charge in [0.2, 0.25) is 0 Å². The molecular formula is C16H32O7Si. The monoisotopic (exact) mass is 364 g/mol. The minimum Gasteiger partial charge on any atom is -0.465 e. The Labute approximate surface area is 146 Å². The molecule has 0 aromatic heterocycles. The summed E-state index contributed by atoms with van der Waals surface area (Å²) < 4.78 is 26.6. The van der Waals surface area contributed by atoms with E-state index in [4.69, 9.17) is 22.8 Å². The number of rotatable bonds is 16. The van der Waals surface area contributed by atoms with Crippen LogP contribution in [0.25, 0.3) is 0 Å². The average Bonchev–Trinajstić information content (AvgIpc) is 2.56. The molecule has 0 rings (SSSR count). The molecule has 0 aliphatic carbocycles. The summed E-state index contributed by atoms with van der Waals surface area (Å²) in [6, 6.07) is 0.738. The first-order valence-electron chi connectivity index (χ1n) is 8.38. The highest BCUT2D eigenvalue weighted by molar-refractivity contribution is 6.60. The molecule has 7 nitrogen and oxygen atoms in total. The van der Waals surface area contributed by atoms with Gasteiger partial charge in [0.25, 0.3) is 0 Å². The van der Waals surface area contributed by atoms with E-state index < -0.39 is 14.8 Å². The van der Waals surface area contributed by atoms with Crippen LogP contribution in [-0.4, -0.2) is 61.7 Å². The summed E-state index contributed by atoms with van der Waals surface area (Å²) in [7, 11) is 2.36. The third-order valence-electron chi connectivity index (χ3n) is 3.54. The van der Waals surface area contributed by atoms with E-state index in [0.717, 1.165) is 38.1 Å². The molecule has 0 radical (unpaired) electrons. The zero-order valence-corrected chi connectivity index (χ0v) is 16.4. The van der Waals surface area contributed by atoms with E-state index in [1.54, 1.807) is 21.3 Å². The number of unbranched alkanes of at least 4 members (excludes halogenated alkanes) is 3. The Balaban J connectivity index is 3.40. The van der Waals surface area contributed by atoms with Crippen molar-refractivity contribution in [1.82, 2.24) is 0 Å². The maximum atomic E-state index is 11.1. The summed E-state index contributed by atoms with van der Waals surface area (Å²) in [5.41, 5.74) is 0. The third kappa shape index (κ3) is 11.7. The number of Topliss-reactive ketones (excluding diaryl/α,β-unsaturated/α-hetero) is 1. The van der Waals surface area contributed by atoms with Gasteiger partial charge in [0.15, 0.2) is 0 Å². The van der Waals surface area contributed by atoms with Crippen molar-refractivity contribution >= 4 is 20.6 Å². The smallest absolute Gasteiger partial charge is 0.465 e. The number of carbonyl (C=O) groups excluding carboxylic acids is 2. The van der Waals surface area contributed by atoms with E-state index in [1.807, 2.05) is 0 Å². The molecule has 0 aliphatic heterocycles. The van der Waals surface area contributed by atoms with Crippen LogP contribution in [0.15, 0.2) is 0 Å². The molecule has 0 N–H and O–H groups in total. The SMILES string of the molecule is CO[Si](CCCOCCCCCCOC(=O)CC(C)=O)(OC)OC. The zero-order chi connectivity index (χ0) is 18.3. The second-order valence-electron chi connectivity index (χ2n) is 5.52. The first-order chi connectivity index (χ1) is 11.5. The first-order valence-corrected chi connectivity index (χ1v) is 10.3. The van der Waals surface area contributed by atoms with Gasteiger partial charge in [0, 0.05) is 40.6 Å². The van der Waals surface area contributed by atoms with Gasteiger partial charge in [-0.3, -0.25) is 9.59 Å². The van der Waals surface area contributed by atoms with Crippen LogP contribution in [0.2, 0.25) is 6.04 Å². The number of ether oxygens (including phenoxy) is 2. The maximum Gasteiger partial charge on any atom is 0.500 e. The van der Waals surface area contributed by atoms with E-state index in [9.17, 15) is 9.59 Å². The lowest BCUT2D eigenvalue weighted by Crippen LogP contribution is -2.42. The molecule has 0 heterocycles. The quantitative estimate of drug-likeness (QED) is 0.180. The fraction of sp³-hybridized carbons (Fsp3) is 0.875. The standard InChI is InChI=1S/C16H32O7Si/c1-15(17)14-16(18)23-12-8-6-5-7-10-22-11-9-13-24(19-2,20-3)21-4/h5-14H2,1-4H3. The van der Waals surface area contributed by atoms with Crippen LogP contribution < -0.4 is 0 Å². The molecule has 0 fully saturated rings. The van der Waals surface area contributed by atoms with Crippen molar-refractivity contribution in [2.75, 3.05) is 41.2 Å². The summed E-state index contributed by atoms with van der Waals surface area (Å²) in [4.78, 5) is 21.8. The van der Waals surface area contributed by atoms with Crippen molar-refractivity contribution in [2.45, 2.75) is 51.5 Å². The normalized spacial score (nSPS) is 11.5. The Morgan fingerprint density at radius 3 is 1.88 bits per heavy atom. The van der Waals surface area contributed by atoms with Gasteiger partial charge in [-0.15, -0.1) is 0 Å². The highest BCUT2D eigenvalue weighted by Crippen LogP contribution is 2.14. The van der Waals surface area contributed by atoms with Crippen LogP contribution in [0.5, 0.6) is 0 Å². The minimum atomic E-state index is -2.47. The summed E-state index contributed by atoms with van der Waals surface area (Å²) >= 11 is 0. The lowest BCUT2D eigenvalue weighted by Gasteiger charge is -2.24. The number of hydrogen-bond acceptors (Lipinski definition) is 7. The van der Waals surface area contributed by atoms with Crippen molar-refractivity contribution in [3.63, 3.8) is 0 Å². The average molecular weight is 365 g/mol. The molecule has 8 heteroatoms. The summed E-state index contributed by atoms with van der Waals surface area (Å²) in [6.07, 6.45) is 4.50. The van der Waals surface area contributed by atoms with Crippen molar-refractivity contribution in [2.24, 2.45) is 0 Å². The Bertz CT molecular complexity index is 337. The van der Waals surface area contributed by atoms with Gasteiger partial charge in [-0.25, -0.2) is 0 Å². The van der Waals surface area contributed by atoms with Crippen LogP contribution in [-0.2, 0) is 32.3 Å². The van der Waals surface area contributed by atoms with Crippen LogP contribution in [0.1, 0.15) is 45.4 Å². The van der Waals surface area contributed by atoms with Crippen molar-refractivity contribution in [1.29, 1.82) is 0 Å². The molecule has 0 amide bonds. The molecule has 0 saturated carbocycles. The van der Waals surface area contributed by atoms with Gasteiger partial charge in [-0.1, -0.05) is 6.42 Å². The largest absolute Gasteiger partial charge is 0.500 e. The van der Waals surface area contributed by atoms with Crippen molar-refractivity contribution < 1.29 is 32.3 Å². The molecule has 24 heavy (non-hydrogen) atoms. The van der Waals surface area contributed by atoms with E-state index in [0.29, 0.717) is 19.8 Å². The second kappa shape index (κ2) is 14.5. The predicted molar refractivity (Wildman–Crippen MR) is 91.7 cm³/mol. The minimum absolute atomic E-state index is 0.132. The fourth-order valence-electron chi connectivity index (χ4n) is 2.15. The Hall–Kier alpha value is -0.803. The van der Waals surface area contributed by atoms with Gasteiger partial charge >= 0.3 is 14.8 Å². The number of esters is 1. The van der Waals surface area contributed by atoms with Crippen LogP contribution in [0.4, 0.5) is 0 Å². The Morgan fingerprint density at radius 1 is 0.792 bits per heavy atom. The van der Waals surface area contributed by atoms with E-state index in [-0.39, 0.29) is 12.2 Å². The van der Waals surface area contributed by atoms with E-state index in [2.05, 4.69) is 0 Å². The lowest BCUT2D eigenvalue weighted by atomic mass is 10.2. The summed E-state index contributed by atoms with van der Waals surface area (Å²) in [5, 5.41) is 0. The predicted octanol–water partition coefficient (Wildman–Crippen LogP) is 2.35. The van der Waals surface area contributed by atoms with Gasteiger partial charge in [0.1, 0.15) is 12.2 Å². The molecule has 0 saturated heterocycles. The molecule has 0 bridgehead atoms. The Kier molecular flexibility index (Phi) is 14.0. The highest BCUT2D eigenvalue weighted by Gasteiger charge is 2.36. The van der Waals surface area contributed by atoms with Crippen LogP contribution in [0.3, 0.4) is 0 Å². The number of carbonyl (C=O) groups is 2. The fourth-order valence-corrected chi connectivity index (χ4v) is 3.84. The van der Waals surface area contributed by atoms with Gasteiger partial charge in [0.05, 0.1) is 6.61 Å². The van der Waals surface area contributed by atoms with E-state index >= 15 is 0 Å². The maximum absolute atomic E-state index is 11.1. The van der Waals surface area contributed by atoms with Gasteiger partial charge < -0.3 is 22.8 Å². The van der Waals surface area contributed by atoms with Crippen LogP contribution in [0, 0.1) is 0 Å². The molecule has 0 spiro atoms. The highest BCUT2D eigenvalue weighted by atomic mass is 28.4. The second-order valence-corrected chi connectivity index (χ2v) is 8.62. The van der Waals surface area contributed by atoms with Crippen molar-refractivity contribution in [3.8, 4) is 0 Å². The molecule has 0 unspecified atom stereocenters. The topological polar surface area (TPSA) is 80.3 Å². The molecule has 0 atom stereocenters. The van der Waals surface area contributed by atoms with E-state index in [1.165, 1.54) is 6.92 Å². The molecular weight excluding hydrogens is 332 g/mol. The number of hydrogen-bond donors (Lipinski definition) is 0. The third-order valence-corrected chi connectivity index (χ3v) is 6.38. The first kappa shape index (κ1) is 23.2. The molecule has 0 aromatic carbocycles. The zero-order valence-electron chi connectivity index (χ0n) is 15.4.